The van der Waals surface area contributed by atoms with Gasteiger partial charge in [0.15, 0.2) is 12.3 Å². The van der Waals surface area contributed by atoms with Gasteiger partial charge in [-0.1, -0.05) is 0 Å². The van der Waals surface area contributed by atoms with E-state index in [0.717, 1.165) is 6.33 Å². The first-order valence-electron chi connectivity index (χ1n) is 5.47. The molecule has 1 saturated heterocycles. The van der Waals surface area contributed by atoms with Crippen LogP contribution >= 0.6 is 0 Å². The number of carbonyl (C=O) groups excluding carboxylic acids is 4. The summed E-state index contributed by atoms with van der Waals surface area (Å²) in [5.74, 6) is -2.78. The lowest BCUT2D eigenvalue weighted by Crippen LogP contribution is -2.64. The molecule has 0 saturated carbocycles. The van der Waals surface area contributed by atoms with Crippen molar-refractivity contribution in [1.29, 1.82) is 0 Å². The Hall–Kier alpha value is -2.88. The molecular formula is C10H7N5O5. The molecule has 10 heteroatoms. The SMILES string of the molecule is O=C1NC(=O)C(N2C(=O)c3ncncc3C2O)C(=O)N1. The van der Waals surface area contributed by atoms with Gasteiger partial charge in [-0.05, 0) is 0 Å². The lowest BCUT2D eigenvalue weighted by atomic mass is 10.2. The largest absolute Gasteiger partial charge is 0.369 e. The van der Waals surface area contributed by atoms with Crippen LogP contribution in [0.2, 0.25) is 0 Å². The number of nitrogens with one attached hydrogen (secondary N) is 2. The zero-order valence-electron chi connectivity index (χ0n) is 9.73. The monoisotopic (exact) mass is 277 g/mol. The number of carbonyl (C=O) groups is 4. The minimum atomic E-state index is -1.65. The van der Waals surface area contributed by atoms with E-state index in [4.69, 9.17) is 0 Å². The number of nitrogens with zero attached hydrogens (tertiary/aromatic N) is 3. The highest BCUT2D eigenvalue weighted by molar-refractivity contribution is 6.20. The van der Waals surface area contributed by atoms with Crippen LogP contribution in [0.15, 0.2) is 12.5 Å². The van der Waals surface area contributed by atoms with Crippen molar-refractivity contribution in [2.75, 3.05) is 0 Å². The molecule has 0 radical (unpaired) electrons. The van der Waals surface area contributed by atoms with Crippen LogP contribution in [0.3, 0.4) is 0 Å². The second-order valence-electron chi connectivity index (χ2n) is 4.12. The third-order valence-corrected chi connectivity index (χ3v) is 2.97. The fourth-order valence-electron chi connectivity index (χ4n) is 2.11. The van der Waals surface area contributed by atoms with Gasteiger partial charge in [0.25, 0.3) is 17.7 Å². The lowest BCUT2D eigenvalue weighted by molar-refractivity contribution is -0.141. The molecule has 3 N–H and O–H groups in total. The predicted octanol–water partition coefficient (Wildman–Crippen LogP) is -2.34. The maximum atomic E-state index is 12.1. The molecule has 102 valence electrons. The average Bonchev–Trinajstić information content (AvgIpc) is 2.64. The second kappa shape index (κ2) is 4.06. The molecule has 3 rings (SSSR count). The van der Waals surface area contributed by atoms with E-state index >= 15 is 0 Å². The summed E-state index contributed by atoms with van der Waals surface area (Å²) in [6.45, 7) is 0. The van der Waals surface area contributed by atoms with Gasteiger partial charge in [-0.15, -0.1) is 0 Å². The molecule has 0 aromatic carbocycles. The number of aliphatic hydroxyl groups is 1. The first-order valence-corrected chi connectivity index (χ1v) is 5.47. The van der Waals surface area contributed by atoms with Crippen LogP contribution in [0.1, 0.15) is 22.3 Å². The molecule has 5 amide bonds. The molecule has 1 aromatic heterocycles. The molecule has 2 aliphatic heterocycles. The Labute approximate surface area is 110 Å². The number of aromatic nitrogens is 2. The third-order valence-electron chi connectivity index (χ3n) is 2.97. The molecule has 0 aliphatic carbocycles. The van der Waals surface area contributed by atoms with Crippen LogP contribution < -0.4 is 10.6 Å². The molecule has 0 bridgehead atoms. The third kappa shape index (κ3) is 1.55. The van der Waals surface area contributed by atoms with E-state index in [1.165, 1.54) is 6.20 Å². The number of aliphatic hydroxyl groups excluding tert-OH is 1. The van der Waals surface area contributed by atoms with E-state index in [2.05, 4.69) is 9.97 Å². The molecule has 1 atom stereocenters. The molecule has 0 spiro atoms. The van der Waals surface area contributed by atoms with Gasteiger partial charge >= 0.3 is 6.03 Å². The molecule has 20 heavy (non-hydrogen) atoms. The van der Waals surface area contributed by atoms with Gasteiger partial charge in [0.05, 0.1) is 5.56 Å². The topological polar surface area (TPSA) is 142 Å². The van der Waals surface area contributed by atoms with Crippen LogP contribution in [0.5, 0.6) is 0 Å². The van der Waals surface area contributed by atoms with Crippen molar-refractivity contribution in [2.45, 2.75) is 12.3 Å². The number of amides is 5. The highest BCUT2D eigenvalue weighted by Gasteiger charge is 2.49. The van der Waals surface area contributed by atoms with Gasteiger partial charge in [0, 0.05) is 6.20 Å². The van der Waals surface area contributed by atoms with Gasteiger partial charge in [-0.25, -0.2) is 14.8 Å². The highest BCUT2D eigenvalue weighted by atomic mass is 16.3. The first-order chi connectivity index (χ1) is 9.50. The zero-order valence-corrected chi connectivity index (χ0v) is 9.73. The Morgan fingerprint density at radius 2 is 1.80 bits per heavy atom. The molecular weight excluding hydrogens is 270 g/mol. The van der Waals surface area contributed by atoms with E-state index in [-0.39, 0.29) is 11.3 Å². The van der Waals surface area contributed by atoms with Gasteiger partial charge in [0.2, 0.25) is 0 Å². The summed E-state index contributed by atoms with van der Waals surface area (Å²) < 4.78 is 0. The van der Waals surface area contributed by atoms with Crippen LogP contribution in [0.25, 0.3) is 0 Å². The van der Waals surface area contributed by atoms with Crippen LogP contribution in [0.4, 0.5) is 4.79 Å². The second-order valence-corrected chi connectivity index (χ2v) is 4.12. The van der Waals surface area contributed by atoms with Crippen molar-refractivity contribution in [1.82, 2.24) is 25.5 Å². The summed E-state index contributed by atoms with van der Waals surface area (Å²) in [5, 5.41) is 13.8. The Morgan fingerprint density at radius 1 is 1.15 bits per heavy atom. The van der Waals surface area contributed by atoms with Gasteiger partial charge < -0.3 is 5.11 Å². The quantitative estimate of drug-likeness (QED) is 0.488. The predicted molar refractivity (Wildman–Crippen MR) is 58.6 cm³/mol. The van der Waals surface area contributed by atoms with Crippen molar-refractivity contribution in [3.63, 3.8) is 0 Å². The first kappa shape index (κ1) is 12.2. The van der Waals surface area contributed by atoms with Gasteiger partial charge in [-0.3, -0.25) is 29.9 Å². The van der Waals surface area contributed by atoms with Crippen LogP contribution in [0, 0.1) is 0 Å². The molecule has 3 heterocycles. The summed E-state index contributed by atoms with van der Waals surface area (Å²) in [4.78, 5) is 54.5. The van der Waals surface area contributed by atoms with E-state index in [1.807, 2.05) is 10.6 Å². The lowest BCUT2D eigenvalue weighted by Gasteiger charge is -2.30. The van der Waals surface area contributed by atoms with Crippen LogP contribution in [-0.4, -0.2) is 49.8 Å². The molecule has 1 aromatic rings. The Bertz CT molecular complexity index is 639. The summed E-state index contributed by atoms with van der Waals surface area (Å²) in [7, 11) is 0. The highest BCUT2D eigenvalue weighted by Crippen LogP contribution is 2.31. The zero-order chi connectivity index (χ0) is 14.4. The summed E-state index contributed by atoms with van der Waals surface area (Å²) in [6, 6.07) is -2.63. The minimum absolute atomic E-state index is 0.0926. The van der Waals surface area contributed by atoms with Crippen molar-refractivity contribution >= 4 is 23.8 Å². The standard InChI is InChI=1S/C10H7N5O5/c16-6-5(7(17)14-10(20)13-6)15-8(18)3-1-11-2-12-4(3)9(15)19/h1-2,5,8,18H,(H2,13,14,16,17,20). The van der Waals surface area contributed by atoms with E-state index in [9.17, 15) is 24.3 Å². The number of imide groups is 2. The average molecular weight is 277 g/mol. The van der Waals surface area contributed by atoms with Crippen molar-refractivity contribution in [2.24, 2.45) is 0 Å². The Kier molecular flexibility index (Phi) is 2.47. The normalized spacial score (nSPS) is 22.6. The number of fused-ring (bicyclic) bond motifs is 1. The van der Waals surface area contributed by atoms with Crippen molar-refractivity contribution < 1.29 is 24.3 Å². The number of hydrogen-bond donors (Lipinski definition) is 3. The van der Waals surface area contributed by atoms with Crippen molar-refractivity contribution in [3.05, 3.63) is 23.8 Å². The fraction of sp³-hybridized carbons (Fsp3) is 0.200. The maximum absolute atomic E-state index is 12.1. The number of hydrogen-bond acceptors (Lipinski definition) is 7. The van der Waals surface area contributed by atoms with E-state index in [1.54, 1.807) is 0 Å². The molecule has 1 fully saturated rings. The molecule has 10 nitrogen and oxygen atoms in total. The number of rotatable bonds is 1. The minimum Gasteiger partial charge on any atom is -0.369 e. The van der Waals surface area contributed by atoms with Gasteiger partial charge in [-0.2, -0.15) is 0 Å². The Balaban J connectivity index is 2.00. The number of barbiturate groups is 1. The van der Waals surface area contributed by atoms with Crippen molar-refractivity contribution in [3.8, 4) is 0 Å². The maximum Gasteiger partial charge on any atom is 0.328 e. The summed E-state index contributed by atoms with van der Waals surface area (Å²) >= 11 is 0. The fourth-order valence-corrected chi connectivity index (χ4v) is 2.11. The summed E-state index contributed by atoms with van der Waals surface area (Å²) in [6.07, 6.45) is 0.792. The molecule has 2 aliphatic rings. The van der Waals surface area contributed by atoms with E-state index in [0.29, 0.717) is 4.90 Å². The van der Waals surface area contributed by atoms with E-state index < -0.39 is 36.0 Å². The number of urea groups is 1. The summed E-state index contributed by atoms with van der Waals surface area (Å²) in [5.41, 5.74) is 0.000000000000000666. The van der Waals surface area contributed by atoms with Crippen LogP contribution in [-0.2, 0) is 9.59 Å². The van der Waals surface area contributed by atoms with Gasteiger partial charge in [0.1, 0.15) is 12.0 Å². The smallest absolute Gasteiger partial charge is 0.328 e. The molecule has 1 unspecified atom stereocenters. The Morgan fingerprint density at radius 3 is 2.40 bits per heavy atom.